The Balaban J connectivity index is 2.22. The van der Waals surface area contributed by atoms with Gasteiger partial charge in [-0.3, -0.25) is 9.97 Å². The lowest BCUT2D eigenvalue weighted by molar-refractivity contribution is 0.580. The van der Waals surface area contributed by atoms with Crippen LogP contribution in [0, 0.1) is 0 Å². The molecule has 2 aromatic heterocycles. The largest absolute Gasteiger partial charge is 0.265 e. The molecule has 106 valence electrons. The number of hydrogen-bond acceptors (Lipinski definition) is 4. The molecule has 2 rings (SSSR count). The molecule has 0 bridgehead atoms. The van der Waals surface area contributed by atoms with E-state index in [2.05, 4.69) is 14.7 Å². The summed E-state index contributed by atoms with van der Waals surface area (Å²) < 4.78 is 26.0. The molecule has 0 atom stereocenters. The summed E-state index contributed by atoms with van der Waals surface area (Å²) in [7, 11) is -3.22. The van der Waals surface area contributed by atoms with E-state index >= 15 is 0 Å². The van der Waals surface area contributed by atoms with Crippen molar-refractivity contribution in [2.24, 2.45) is 0 Å². The summed E-state index contributed by atoms with van der Waals surface area (Å²) in [6.07, 6.45) is 5.67. The zero-order valence-electron chi connectivity index (χ0n) is 11.3. The van der Waals surface area contributed by atoms with Crippen molar-refractivity contribution >= 4 is 10.0 Å². The minimum absolute atomic E-state index is 0.137. The summed E-state index contributed by atoms with van der Waals surface area (Å²) >= 11 is 0. The maximum Gasteiger partial charge on any atom is 0.211 e. The average molecular weight is 291 g/mol. The highest BCUT2D eigenvalue weighted by molar-refractivity contribution is 7.89. The summed E-state index contributed by atoms with van der Waals surface area (Å²) in [5.74, 6) is 0.137. The van der Waals surface area contributed by atoms with Gasteiger partial charge < -0.3 is 0 Å². The molecule has 0 amide bonds. The van der Waals surface area contributed by atoms with Crippen LogP contribution in [0.5, 0.6) is 0 Å². The van der Waals surface area contributed by atoms with Crippen LogP contribution in [-0.2, 0) is 16.6 Å². The summed E-state index contributed by atoms with van der Waals surface area (Å²) in [6.45, 7) is 2.08. The lowest BCUT2D eigenvalue weighted by Gasteiger charge is -2.10. The quantitative estimate of drug-likeness (QED) is 0.883. The van der Waals surface area contributed by atoms with Crippen LogP contribution in [0.2, 0.25) is 0 Å². The standard InChI is InChI=1S/C14H17N3O2S/c1-2-10-20(18,19)17-11-13-4-3-7-16-14(13)12-5-8-15-9-6-12/h3-9,17H,2,10-11H2,1H3. The molecule has 5 nitrogen and oxygen atoms in total. The predicted molar refractivity (Wildman–Crippen MR) is 78.4 cm³/mol. The maximum atomic E-state index is 11.7. The smallest absolute Gasteiger partial charge is 0.211 e. The van der Waals surface area contributed by atoms with E-state index in [-0.39, 0.29) is 12.3 Å². The summed E-state index contributed by atoms with van der Waals surface area (Å²) in [5, 5.41) is 0. The van der Waals surface area contributed by atoms with Gasteiger partial charge in [-0.15, -0.1) is 0 Å². The molecule has 0 aromatic carbocycles. The van der Waals surface area contributed by atoms with Gasteiger partial charge in [-0.2, -0.15) is 0 Å². The van der Waals surface area contributed by atoms with Crippen molar-refractivity contribution in [2.45, 2.75) is 19.9 Å². The van der Waals surface area contributed by atoms with Crippen molar-refractivity contribution in [3.8, 4) is 11.3 Å². The highest BCUT2D eigenvalue weighted by Crippen LogP contribution is 2.20. The molecule has 0 saturated heterocycles. The first-order valence-electron chi connectivity index (χ1n) is 6.44. The van der Waals surface area contributed by atoms with E-state index < -0.39 is 10.0 Å². The van der Waals surface area contributed by atoms with E-state index in [4.69, 9.17) is 0 Å². The van der Waals surface area contributed by atoms with E-state index in [1.165, 1.54) is 0 Å². The molecule has 2 heterocycles. The van der Waals surface area contributed by atoms with Crippen LogP contribution in [-0.4, -0.2) is 24.1 Å². The molecule has 20 heavy (non-hydrogen) atoms. The third-order valence-electron chi connectivity index (χ3n) is 2.80. The van der Waals surface area contributed by atoms with Gasteiger partial charge in [-0.1, -0.05) is 13.0 Å². The Kier molecular flexibility index (Phi) is 4.81. The Hall–Kier alpha value is -1.79. The summed E-state index contributed by atoms with van der Waals surface area (Å²) in [5.41, 5.74) is 2.54. The van der Waals surface area contributed by atoms with E-state index in [1.54, 1.807) is 24.7 Å². The van der Waals surface area contributed by atoms with Gasteiger partial charge in [0.15, 0.2) is 0 Å². The number of nitrogens with one attached hydrogen (secondary N) is 1. The highest BCUT2D eigenvalue weighted by Gasteiger charge is 2.11. The van der Waals surface area contributed by atoms with E-state index in [9.17, 15) is 8.42 Å². The topological polar surface area (TPSA) is 72.0 Å². The lowest BCUT2D eigenvalue weighted by Crippen LogP contribution is -2.26. The molecular formula is C14H17N3O2S. The SMILES string of the molecule is CCCS(=O)(=O)NCc1cccnc1-c1ccncc1. The zero-order chi connectivity index (χ0) is 14.4. The molecule has 0 aliphatic heterocycles. The first-order valence-corrected chi connectivity index (χ1v) is 8.09. The monoisotopic (exact) mass is 291 g/mol. The summed E-state index contributed by atoms with van der Waals surface area (Å²) in [6, 6.07) is 7.38. The number of rotatable bonds is 6. The fraction of sp³-hybridized carbons (Fsp3) is 0.286. The Morgan fingerprint density at radius 1 is 1.15 bits per heavy atom. The molecule has 0 fully saturated rings. The van der Waals surface area contributed by atoms with E-state index in [0.29, 0.717) is 6.42 Å². The molecule has 0 aliphatic carbocycles. The Morgan fingerprint density at radius 3 is 2.60 bits per heavy atom. The third kappa shape index (κ3) is 3.85. The molecular weight excluding hydrogens is 274 g/mol. The molecule has 0 aliphatic rings. The number of nitrogens with zero attached hydrogens (tertiary/aromatic N) is 2. The van der Waals surface area contributed by atoms with Gasteiger partial charge in [0.05, 0.1) is 11.4 Å². The van der Waals surface area contributed by atoms with Crippen molar-refractivity contribution in [3.63, 3.8) is 0 Å². The average Bonchev–Trinajstić information content (AvgIpc) is 2.46. The molecule has 0 unspecified atom stereocenters. The van der Waals surface area contributed by atoms with Gasteiger partial charge in [-0.05, 0) is 30.2 Å². The van der Waals surface area contributed by atoms with Crippen LogP contribution in [0.25, 0.3) is 11.3 Å². The second kappa shape index (κ2) is 6.58. The van der Waals surface area contributed by atoms with E-state index in [1.807, 2.05) is 25.1 Å². The maximum absolute atomic E-state index is 11.7. The van der Waals surface area contributed by atoms with Gasteiger partial charge in [-0.25, -0.2) is 13.1 Å². The fourth-order valence-corrected chi connectivity index (χ4v) is 2.94. The Bertz CT molecular complexity index is 657. The van der Waals surface area contributed by atoms with Crippen LogP contribution in [0.4, 0.5) is 0 Å². The highest BCUT2D eigenvalue weighted by atomic mass is 32.2. The lowest BCUT2D eigenvalue weighted by atomic mass is 10.1. The first kappa shape index (κ1) is 14.6. The number of pyridine rings is 2. The minimum atomic E-state index is -3.22. The van der Waals surface area contributed by atoms with Crippen LogP contribution in [0.15, 0.2) is 42.9 Å². The number of aromatic nitrogens is 2. The Labute approximate surface area is 119 Å². The van der Waals surface area contributed by atoms with Crippen molar-refractivity contribution in [2.75, 3.05) is 5.75 Å². The van der Waals surface area contributed by atoms with Crippen molar-refractivity contribution in [1.82, 2.24) is 14.7 Å². The fourth-order valence-electron chi connectivity index (χ4n) is 1.88. The van der Waals surface area contributed by atoms with Crippen molar-refractivity contribution in [3.05, 3.63) is 48.4 Å². The van der Waals surface area contributed by atoms with Gasteiger partial charge in [0.1, 0.15) is 0 Å². The second-order valence-corrected chi connectivity index (χ2v) is 6.31. The van der Waals surface area contributed by atoms with Gasteiger partial charge in [0.25, 0.3) is 0 Å². The molecule has 6 heteroatoms. The van der Waals surface area contributed by atoms with Crippen molar-refractivity contribution < 1.29 is 8.42 Å². The van der Waals surface area contributed by atoms with Crippen LogP contribution < -0.4 is 4.72 Å². The second-order valence-electron chi connectivity index (χ2n) is 4.39. The minimum Gasteiger partial charge on any atom is -0.265 e. The van der Waals surface area contributed by atoms with Crippen LogP contribution in [0.1, 0.15) is 18.9 Å². The van der Waals surface area contributed by atoms with Gasteiger partial charge in [0.2, 0.25) is 10.0 Å². The molecule has 0 spiro atoms. The van der Waals surface area contributed by atoms with Gasteiger partial charge >= 0.3 is 0 Å². The van der Waals surface area contributed by atoms with Crippen LogP contribution >= 0.6 is 0 Å². The molecule has 2 aromatic rings. The number of sulfonamides is 1. The number of hydrogen-bond donors (Lipinski definition) is 1. The van der Waals surface area contributed by atoms with Crippen molar-refractivity contribution in [1.29, 1.82) is 0 Å². The summed E-state index contributed by atoms with van der Waals surface area (Å²) in [4.78, 5) is 8.30. The normalized spacial score (nSPS) is 11.4. The van der Waals surface area contributed by atoms with Gasteiger partial charge in [0, 0.05) is 30.7 Å². The molecule has 0 radical (unpaired) electrons. The van der Waals surface area contributed by atoms with Crippen LogP contribution in [0.3, 0.4) is 0 Å². The predicted octanol–water partition coefficient (Wildman–Crippen LogP) is 1.97. The third-order valence-corrected chi connectivity index (χ3v) is 4.33. The first-order chi connectivity index (χ1) is 9.62. The Morgan fingerprint density at radius 2 is 1.90 bits per heavy atom. The van der Waals surface area contributed by atoms with E-state index in [0.717, 1.165) is 16.8 Å². The molecule has 1 N–H and O–H groups in total. The molecule has 0 saturated carbocycles. The zero-order valence-corrected chi connectivity index (χ0v) is 12.1.